The molecule has 5 heteroatoms. The lowest BCUT2D eigenvalue weighted by Crippen LogP contribution is -1.93. The first-order valence-corrected chi connectivity index (χ1v) is 6.70. The molecule has 102 valence electrons. The lowest BCUT2D eigenvalue weighted by atomic mass is 10.1. The topological polar surface area (TPSA) is 59.4 Å². The van der Waals surface area contributed by atoms with Crippen molar-refractivity contribution in [2.24, 2.45) is 7.05 Å². The van der Waals surface area contributed by atoms with E-state index in [0.717, 1.165) is 33.7 Å². The minimum absolute atomic E-state index is 0.807. The van der Waals surface area contributed by atoms with Gasteiger partial charge < -0.3 is 4.98 Å². The molecule has 4 aromatic rings. The Bertz CT molecular complexity index is 919. The zero-order chi connectivity index (χ0) is 14.2. The smallest absolute Gasteiger partial charge is 0.156 e. The minimum atomic E-state index is 0.807. The molecule has 0 saturated heterocycles. The largest absolute Gasteiger partial charge is 0.345 e. The van der Waals surface area contributed by atoms with Crippen LogP contribution in [0.5, 0.6) is 0 Å². The van der Waals surface area contributed by atoms with Crippen molar-refractivity contribution < 1.29 is 0 Å². The van der Waals surface area contributed by atoms with Crippen LogP contribution in [-0.4, -0.2) is 24.7 Å². The molecule has 4 rings (SSSR count). The third-order valence-electron chi connectivity index (χ3n) is 3.54. The summed E-state index contributed by atoms with van der Waals surface area (Å²) in [6.45, 7) is 0. The third kappa shape index (κ3) is 1.99. The van der Waals surface area contributed by atoms with Crippen molar-refractivity contribution in [1.82, 2.24) is 24.7 Å². The Morgan fingerprint density at radius 2 is 2.00 bits per heavy atom. The average Bonchev–Trinajstić information content (AvgIpc) is 3.15. The number of H-pyrrole nitrogens is 1. The van der Waals surface area contributed by atoms with Gasteiger partial charge in [-0.25, -0.2) is 9.97 Å². The molecule has 0 spiro atoms. The number of nitrogens with one attached hydrogen (secondary N) is 1. The maximum Gasteiger partial charge on any atom is 0.156 e. The molecule has 5 nitrogen and oxygen atoms in total. The maximum absolute atomic E-state index is 4.63. The molecular formula is C16H13N5. The van der Waals surface area contributed by atoms with Crippen molar-refractivity contribution in [3.63, 3.8) is 0 Å². The molecule has 0 bridgehead atoms. The summed E-state index contributed by atoms with van der Waals surface area (Å²) in [7, 11) is 1.94. The molecule has 0 fully saturated rings. The number of rotatable bonds is 2. The van der Waals surface area contributed by atoms with E-state index in [1.165, 1.54) is 0 Å². The van der Waals surface area contributed by atoms with Gasteiger partial charge in [0.1, 0.15) is 5.52 Å². The molecule has 0 aliphatic carbocycles. The van der Waals surface area contributed by atoms with E-state index in [-0.39, 0.29) is 0 Å². The Labute approximate surface area is 121 Å². The Kier molecular flexibility index (Phi) is 2.57. The number of hydrogen-bond donors (Lipinski definition) is 1. The van der Waals surface area contributed by atoms with Crippen LogP contribution >= 0.6 is 0 Å². The van der Waals surface area contributed by atoms with E-state index in [2.05, 4.69) is 32.2 Å². The van der Waals surface area contributed by atoms with Crippen LogP contribution in [0.1, 0.15) is 0 Å². The van der Waals surface area contributed by atoms with Gasteiger partial charge in [-0.15, -0.1) is 0 Å². The van der Waals surface area contributed by atoms with Crippen molar-refractivity contribution in [3.8, 4) is 22.5 Å². The van der Waals surface area contributed by atoms with E-state index in [0.29, 0.717) is 0 Å². The van der Waals surface area contributed by atoms with Crippen LogP contribution in [0, 0.1) is 0 Å². The molecule has 0 saturated carbocycles. The zero-order valence-corrected chi connectivity index (χ0v) is 11.5. The number of benzene rings is 1. The van der Waals surface area contributed by atoms with Gasteiger partial charge in [-0.3, -0.25) is 4.68 Å². The molecule has 0 aliphatic rings. The van der Waals surface area contributed by atoms with Gasteiger partial charge >= 0.3 is 0 Å². The van der Waals surface area contributed by atoms with Gasteiger partial charge in [0.2, 0.25) is 0 Å². The predicted molar refractivity (Wildman–Crippen MR) is 81.5 cm³/mol. The maximum atomic E-state index is 4.63. The zero-order valence-electron chi connectivity index (χ0n) is 11.5. The van der Waals surface area contributed by atoms with E-state index in [9.17, 15) is 0 Å². The first-order chi connectivity index (χ1) is 10.3. The Balaban J connectivity index is 1.83. The van der Waals surface area contributed by atoms with Crippen molar-refractivity contribution in [2.75, 3.05) is 0 Å². The lowest BCUT2D eigenvalue weighted by Gasteiger charge is -2.05. The monoisotopic (exact) mass is 275 g/mol. The molecule has 3 aromatic heterocycles. The van der Waals surface area contributed by atoms with E-state index < -0.39 is 0 Å². The summed E-state index contributed by atoms with van der Waals surface area (Å²) in [6.07, 6.45) is 5.44. The summed E-state index contributed by atoms with van der Waals surface area (Å²) >= 11 is 0. The summed E-state index contributed by atoms with van der Waals surface area (Å²) in [5.41, 5.74) is 5.78. The molecule has 1 N–H and O–H groups in total. The first kappa shape index (κ1) is 11.8. The number of aromatic amines is 1. The molecule has 3 heterocycles. The fourth-order valence-corrected chi connectivity index (χ4v) is 2.46. The highest BCUT2D eigenvalue weighted by molar-refractivity contribution is 5.75. The second-order valence-corrected chi connectivity index (χ2v) is 4.89. The fourth-order valence-electron chi connectivity index (χ4n) is 2.46. The number of aryl methyl sites for hydroxylation is 1. The van der Waals surface area contributed by atoms with Gasteiger partial charge in [0.25, 0.3) is 0 Å². The standard InChI is InChI=1S/C16H13N5/c1-21-15(6-8-19-21)12-4-2-3-11(9-12)14-10-18-16-13(20-14)5-7-17-16/h2-10H,1H3,(H,17,18). The molecule has 0 amide bonds. The molecule has 0 radical (unpaired) electrons. The van der Waals surface area contributed by atoms with Crippen LogP contribution in [0.2, 0.25) is 0 Å². The predicted octanol–water partition coefficient (Wildman–Crippen LogP) is 3.03. The van der Waals surface area contributed by atoms with E-state index in [4.69, 9.17) is 0 Å². The summed E-state index contributed by atoms with van der Waals surface area (Å²) < 4.78 is 1.86. The second-order valence-electron chi connectivity index (χ2n) is 4.89. The Hall–Kier alpha value is -2.95. The highest BCUT2D eigenvalue weighted by Gasteiger charge is 2.07. The number of fused-ring (bicyclic) bond motifs is 1. The van der Waals surface area contributed by atoms with Crippen LogP contribution in [0.15, 0.2) is 55.0 Å². The van der Waals surface area contributed by atoms with E-state index in [1.54, 1.807) is 12.4 Å². The van der Waals surface area contributed by atoms with Gasteiger partial charge in [0.15, 0.2) is 5.65 Å². The van der Waals surface area contributed by atoms with E-state index in [1.807, 2.05) is 42.2 Å². The quantitative estimate of drug-likeness (QED) is 0.611. The molecule has 0 atom stereocenters. The highest BCUT2D eigenvalue weighted by atomic mass is 15.3. The Morgan fingerprint density at radius 3 is 2.86 bits per heavy atom. The van der Waals surface area contributed by atoms with E-state index >= 15 is 0 Å². The van der Waals surface area contributed by atoms with Gasteiger partial charge in [-0.1, -0.05) is 18.2 Å². The number of aromatic nitrogens is 5. The number of hydrogen-bond acceptors (Lipinski definition) is 3. The van der Waals surface area contributed by atoms with Crippen LogP contribution in [0.3, 0.4) is 0 Å². The fraction of sp³-hybridized carbons (Fsp3) is 0.0625. The SMILES string of the molecule is Cn1nccc1-c1cccc(-c2cnc3[nH]ccc3n2)c1. The van der Waals surface area contributed by atoms with Crippen LogP contribution in [0.4, 0.5) is 0 Å². The van der Waals surface area contributed by atoms with Gasteiger partial charge in [-0.05, 0) is 18.2 Å². The first-order valence-electron chi connectivity index (χ1n) is 6.70. The second kappa shape index (κ2) is 4.56. The molecule has 0 unspecified atom stereocenters. The molecule has 0 aliphatic heterocycles. The summed E-state index contributed by atoms with van der Waals surface area (Å²) in [5.74, 6) is 0. The summed E-state index contributed by atoms with van der Waals surface area (Å²) in [4.78, 5) is 12.1. The Morgan fingerprint density at radius 1 is 1.10 bits per heavy atom. The number of nitrogens with zero attached hydrogens (tertiary/aromatic N) is 4. The summed E-state index contributed by atoms with van der Waals surface area (Å²) in [6, 6.07) is 12.2. The normalized spacial score (nSPS) is 11.1. The van der Waals surface area contributed by atoms with Gasteiger partial charge in [0.05, 0.1) is 17.6 Å². The van der Waals surface area contributed by atoms with Crippen LogP contribution < -0.4 is 0 Å². The molecular weight excluding hydrogens is 262 g/mol. The van der Waals surface area contributed by atoms with Gasteiger partial charge in [0, 0.05) is 30.6 Å². The van der Waals surface area contributed by atoms with Crippen molar-refractivity contribution in [2.45, 2.75) is 0 Å². The van der Waals surface area contributed by atoms with Crippen molar-refractivity contribution >= 4 is 11.2 Å². The molecule has 21 heavy (non-hydrogen) atoms. The van der Waals surface area contributed by atoms with Crippen LogP contribution in [0.25, 0.3) is 33.7 Å². The molecule has 1 aromatic carbocycles. The summed E-state index contributed by atoms with van der Waals surface area (Å²) in [5, 5.41) is 4.21. The third-order valence-corrected chi connectivity index (χ3v) is 3.54. The lowest BCUT2D eigenvalue weighted by molar-refractivity contribution is 0.776. The van der Waals surface area contributed by atoms with Gasteiger partial charge in [-0.2, -0.15) is 5.10 Å². The minimum Gasteiger partial charge on any atom is -0.345 e. The van der Waals surface area contributed by atoms with Crippen molar-refractivity contribution in [3.05, 3.63) is 55.0 Å². The average molecular weight is 275 g/mol. The highest BCUT2D eigenvalue weighted by Crippen LogP contribution is 2.25. The van der Waals surface area contributed by atoms with Crippen molar-refractivity contribution in [1.29, 1.82) is 0 Å². The van der Waals surface area contributed by atoms with Crippen LogP contribution in [-0.2, 0) is 7.05 Å².